The zero-order valence-electron chi connectivity index (χ0n) is 11.9. The molecule has 0 unspecified atom stereocenters. The van der Waals surface area contributed by atoms with Gasteiger partial charge in [0, 0.05) is 10.8 Å². The first-order valence-electron chi connectivity index (χ1n) is 6.37. The van der Waals surface area contributed by atoms with Gasteiger partial charge < -0.3 is 0 Å². The lowest BCUT2D eigenvalue weighted by atomic mass is 9.54. The van der Waals surface area contributed by atoms with Crippen molar-refractivity contribution in [1.29, 1.82) is 0 Å². The number of rotatable bonds is 4. The Balaban J connectivity index is 3.58. The average molecular weight is 228 g/mol. The lowest BCUT2D eigenvalue weighted by Gasteiger charge is -2.50. The molecule has 0 aliphatic carbocycles. The Labute approximate surface area is 107 Å². The molecule has 0 nitrogen and oxygen atoms in total. The van der Waals surface area contributed by atoms with Gasteiger partial charge in [-0.3, -0.25) is 0 Å². The first-order chi connectivity index (χ1) is 7.73. The summed E-state index contributed by atoms with van der Waals surface area (Å²) in [5.41, 5.74) is 4.74. The molecule has 1 rings (SSSR count). The molecule has 0 N–H and O–H groups in total. The molecule has 0 spiro atoms. The van der Waals surface area contributed by atoms with E-state index in [2.05, 4.69) is 54.0 Å². The van der Waals surface area contributed by atoms with Gasteiger partial charge in [-0.25, -0.2) is 0 Å². The molecular weight excluding hydrogens is 203 g/mol. The Hall–Kier alpha value is -0.975. The van der Waals surface area contributed by atoms with Crippen molar-refractivity contribution in [3.63, 3.8) is 0 Å². The highest BCUT2D eigenvalue weighted by molar-refractivity contribution is 6.38. The molecule has 1 heterocycles. The zero-order valence-corrected chi connectivity index (χ0v) is 11.9. The van der Waals surface area contributed by atoms with Crippen LogP contribution < -0.4 is 0 Å². The van der Waals surface area contributed by atoms with Crippen LogP contribution in [0.15, 0.2) is 48.6 Å². The van der Waals surface area contributed by atoms with Gasteiger partial charge in [0.05, 0.1) is 0 Å². The molecule has 0 bridgehead atoms. The third-order valence-electron chi connectivity index (χ3n) is 4.75. The van der Waals surface area contributed by atoms with E-state index in [1.807, 2.05) is 0 Å². The minimum Gasteiger partial charge on any atom is -0.0992 e. The Kier molecular flexibility index (Phi) is 3.62. The summed E-state index contributed by atoms with van der Waals surface area (Å²) >= 11 is 0. The van der Waals surface area contributed by atoms with Crippen LogP contribution in [-0.4, -0.2) is 7.28 Å². The third-order valence-corrected chi connectivity index (χ3v) is 4.75. The van der Waals surface area contributed by atoms with Gasteiger partial charge in [-0.05, 0) is 27.7 Å². The van der Waals surface area contributed by atoms with Gasteiger partial charge in [-0.1, -0.05) is 61.2 Å². The smallest absolute Gasteiger partial charge is 0.0992 e. The Morgan fingerprint density at radius 1 is 0.706 bits per heavy atom. The summed E-state index contributed by atoms with van der Waals surface area (Å²) in [4.78, 5) is 0. The van der Waals surface area contributed by atoms with E-state index in [1.54, 1.807) is 0 Å². The van der Waals surface area contributed by atoms with Crippen LogP contribution in [0, 0.1) is 10.8 Å². The van der Waals surface area contributed by atoms with Crippen LogP contribution in [-0.2, 0) is 0 Å². The fourth-order valence-electron chi connectivity index (χ4n) is 4.08. The second kappa shape index (κ2) is 4.36. The van der Waals surface area contributed by atoms with E-state index < -0.39 is 0 Å². The van der Waals surface area contributed by atoms with Gasteiger partial charge in [0.2, 0.25) is 0 Å². The van der Waals surface area contributed by atoms with E-state index >= 15 is 0 Å². The van der Waals surface area contributed by atoms with Crippen LogP contribution in [0.5, 0.6) is 0 Å². The Morgan fingerprint density at radius 2 is 0.941 bits per heavy atom. The van der Waals surface area contributed by atoms with Crippen molar-refractivity contribution in [3.8, 4) is 0 Å². The van der Waals surface area contributed by atoms with Crippen molar-refractivity contribution in [3.05, 3.63) is 48.6 Å². The number of hydrogen-bond donors (Lipinski definition) is 0. The topological polar surface area (TPSA) is 0 Å². The van der Waals surface area contributed by atoms with Crippen molar-refractivity contribution < 1.29 is 0 Å². The third kappa shape index (κ3) is 1.59. The minimum atomic E-state index is -0.0370. The maximum Gasteiger partial charge on any atom is 0.123 e. The predicted molar refractivity (Wildman–Crippen MR) is 80.9 cm³/mol. The molecule has 0 atom stereocenters. The molecule has 17 heavy (non-hydrogen) atoms. The number of hydrogen-bond acceptors (Lipinski definition) is 0. The standard InChI is InChI=1S/C16H25B/c1-11(2)15(12(3)4)9-17-10-16(15,13(5)6)14(7)8/h17H,1,3,5,7,9-10H2,2,4,6,8H3. The first kappa shape index (κ1) is 14.1. The fourth-order valence-corrected chi connectivity index (χ4v) is 4.08. The highest BCUT2D eigenvalue weighted by atomic mass is 14.6. The number of allylic oxidation sites excluding steroid dienone is 4. The normalized spacial score (nSPS) is 20.5. The van der Waals surface area contributed by atoms with E-state index in [4.69, 9.17) is 0 Å². The summed E-state index contributed by atoms with van der Waals surface area (Å²) < 4.78 is 0. The van der Waals surface area contributed by atoms with Gasteiger partial charge in [0.1, 0.15) is 7.28 Å². The van der Waals surface area contributed by atoms with Crippen molar-refractivity contribution in [2.24, 2.45) is 10.8 Å². The van der Waals surface area contributed by atoms with Crippen LogP contribution in [0.4, 0.5) is 0 Å². The summed E-state index contributed by atoms with van der Waals surface area (Å²) in [5, 5.41) is 0. The molecule has 0 amide bonds. The Morgan fingerprint density at radius 3 is 1.12 bits per heavy atom. The quantitative estimate of drug-likeness (QED) is 0.489. The molecule has 1 heteroatoms. The lowest BCUT2D eigenvalue weighted by Crippen LogP contribution is -2.40. The largest absolute Gasteiger partial charge is 0.123 e. The summed E-state index contributed by atoms with van der Waals surface area (Å²) in [6.45, 7) is 25.5. The van der Waals surface area contributed by atoms with Crippen LogP contribution in [0.25, 0.3) is 0 Å². The summed E-state index contributed by atoms with van der Waals surface area (Å²) in [5.74, 6) is 0. The summed E-state index contributed by atoms with van der Waals surface area (Å²) in [6.07, 6.45) is 2.24. The molecule has 0 saturated carbocycles. The molecule has 1 fully saturated rings. The van der Waals surface area contributed by atoms with Gasteiger partial charge in [-0.15, -0.1) is 0 Å². The van der Waals surface area contributed by atoms with E-state index in [0.29, 0.717) is 0 Å². The van der Waals surface area contributed by atoms with E-state index in [9.17, 15) is 0 Å². The lowest BCUT2D eigenvalue weighted by molar-refractivity contribution is 0.267. The van der Waals surface area contributed by atoms with Gasteiger partial charge in [0.25, 0.3) is 0 Å². The predicted octanol–water partition coefficient (Wildman–Crippen LogP) is 4.55. The molecule has 0 aromatic carbocycles. The molecular formula is C16H25B. The highest BCUT2D eigenvalue weighted by Crippen LogP contribution is 2.64. The summed E-state index contributed by atoms with van der Waals surface area (Å²) in [6, 6.07) is 0. The van der Waals surface area contributed by atoms with E-state index in [1.165, 1.54) is 29.6 Å². The van der Waals surface area contributed by atoms with Gasteiger partial charge >= 0.3 is 0 Å². The zero-order chi connectivity index (χ0) is 13.4. The van der Waals surface area contributed by atoms with Crippen LogP contribution in [0.2, 0.25) is 12.6 Å². The highest BCUT2D eigenvalue weighted by Gasteiger charge is 2.56. The van der Waals surface area contributed by atoms with Crippen molar-refractivity contribution in [2.45, 2.75) is 40.3 Å². The molecule has 1 aliphatic heterocycles. The average Bonchev–Trinajstić information content (AvgIpc) is 2.58. The van der Waals surface area contributed by atoms with Gasteiger partial charge in [0.15, 0.2) is 0 Å². The molecule has 0 radical (unpaired) electrons. The van der Waals surface area contributed by atoms with Crippen molar-refractivity contribution in [2.75, 3.05) is 0 Å². The van der Waals surface area contributed by atoms with E-state index in [-0.39, 0.29) is 10.8 Å². The second-order valence-electron chi connectivity index (χ2n) is 5.79. The van der Waals surface area contributed by atoms with Crippen LogP contribution in [0.1, 0.15) is 27.7 Å². The second-order valence-corrected chi connectivity index (χ2v) is 5.79. The van der Waals surface area contributed by atoms with Crippen LogP contribution in [0.3, 0.4) is 0 Å². The monoisotopic (exact) mass is 228 g/mol. The maximum atomic E-state index is 4.25. The SMILES string of the molecule is C=C(C)C1(C(=C)C)CBCC1(C(=C)C)C(=C)C. The molecule has 0 aromatic rings. The van der Waals surface area contributed by atoms with Crippen molar-refractivity contribution in [1.82, 2.24) is 0 Å². The molecule has 92 valence electrons. The minimum absolute atomic E-state index is 0.0370. The first-order valence-corrected chi connectivity index (χ1v) is 6.37. The summed E-state index contributed by atoms with van der Waals surface area (Å²) in [7, 11) is 1.19. The molecule has 1 aliphatic rings. The van der Waals surface area contributed by atoms with Crippen LogP contribution >= 0.6 is 0 Å². The maximum absolute atomic E-state index is 4.25. The van der Waals surface area contributed by atoms with Gasteiger partial charge in [-0.2, -0.15) is 0 Å². The molecule has 1 saturated heterocycles. The Bertz CT molecular complexity index is 332. The molecule has 0 aromatic heterocycles. The fraction of sp³-hybridized carbons (Fsp3) is 0.500. The van der Waals surface area contributed by atoms with E-state index in [0.717, 1.165) is 12.6 Å². The van der Waals surface area contributed by atoms with Crippen molar-refractivity contribution >= 4 is 7.28 Å².